The van der Waals surface area contributed by atoms with E-state index in [4.69, 9.17) is 9.47 Å². The SMILES string of the molecule is Cc1ccc(S(=O)(=O)NC(COCc2ccccc2)CC2CCCN2C(=O)OC(C)(C)C)c2ccccc12. The Morgan fingerprint density at radius 1 is 1.03 bits per heavy atom. The Hall–Kier alpha value is -2.94. The molecular weight excluding hydrogens is 500 g/mol. The third-order valence-corrected chi connectivity index (χ3v) is 8.28. The van der Waals surface area contributed by atoms with E-state index in [1.54, 1.807) is 11.0 Å². The highest BCUT2D eigenvalue weighted by Gasteiger charge is 2.35. The summed E-state index contributed by atoms with van der Waals surface area (Å²) in [5, 5.41) is 1.58. The van der Waals surface area contributed by atoms with E-state index in [0.29, 0.717) is 25.0 Å². The van der Waals surface area contributed by atoms with Gasteiger partial charge in [-0.05, 0) is 69.5 Å². The van der Waals surface area contributed by atoms with Gasteiger partial charge in [-0.15, -0.1) is 0 Å². The molecule has 0 radical (unpaired) electrons. The molecule has 7 nitrogen and oxygen atoms in total. The molecule has 1 N–H and O–H groups in total. The standard InChI is InChI=1S/C30H38N2O5S/c1-22-16-17-28(27-15-9-8-14-26(22)27)38(34,35)31-24(21-36-20-23-11-6-5-7-12-23)19-25-13-10-18-32(25)29(33)37-30(2,3)4/h5-9,11-12,14-17,24-25,31H,10,13,18-21H2,1-4H3. The normalized spacial score (nSPS) is 17.1. The van der Waals surface area contributed by atoms with Crippen LogP contribution in [0.15, 0.2) is 71.6 Å². The molecule has 0 bridgehead atoms. The van der Waals surface area contributed by atoms with Crippen LogP contribution < -0.4 is 4.72 Å². The maximum Gasteiger partial charge on any atom is 0.410 e. The van der Waals surface area contributed by atoms with Crippen molar-refractivity contribution in [3.05, 3.63) is 77.9 Å². The van der Waals surface area contributed by atoms with Gasteiger partial charge in [-0.25, -0.2) is 17.9 Å². The maximum atomic E-state index is 13.7. The molecule has 1 heterocycles. The molecule has 2 unspecified atom stereocenters. The number of likely N-dealkylation sites (tertiary alicyclic amines) is 1. The molecule has 2 atom stereocenters. The predicted octanol–water partition coefficient (Wildman–Crippen LogP) is 5.80. The summed E-state index contributed by atoms with van der Waals surface area (Å²) in [5.74, 6) is 0. The molecular formula is C30H38N2O5S. The van der Waals surface area contributed by atoms with Gasteiger partial charge in [0.1, 0.15) is 5.60 Å². The van der Waals surface area contributed by atoms with E-state index >= 15 is 0 Å². The third-order valence-electron chi connectivity index (χ3n) is 6.71. The number of fused-ring (bicyclic) bond motifs is 1. The van der Waals surface area contributed by atoms with Crippen LogP contribution in [-0.4, -0.2) is 50.2 Å². The number of rotatable bonds is 9. The fourth-order valence-corrected chi connectivity index (χ4v) is 6.40. The Morgan fingerprint density at radius 3 is 2.42 bits per heavy atom. The molecule has 3 aromatic carbocycles. The number of sulfonamides is 1. The number of carbonyl (C=O) groups is 1. The lowest BCUT2D eigenvalue weighted by molar-refractivity contribution is 0.0199. The Labute approximate surface area is 226 Å². The van der Waals surface area contributed by atoms with Crippen LogP contribution in [0.5, 0.6) is 0 Å². The Balaban J connectivity index is 1.56. The summed E-state index contributed by atoms with van der Waals surface area (Å²) < 4.78 is 41.9. The van der Waals surface area contributed by atoms with Crippen molar-refractivity contribution >= 4 is 26.9 Å². The monoisotopic (exact) mass is 538 g/mol. The average molecular weight is 539 g/mol. The van der Waals surface area contributed by atoms with Crippen LogP contribution in [-0.2, 0) is 26.1 Å². The summed E-state index contributed by atoms with van der Waals surface area (Å²) >= 11 is 0. The van der Waals surface area contributed by atoms with E-state index in [1.807, 2.05) is 88.4 Å². The summed E-state index contributed by atoms with van der Waals surface area (Å²) in [5.41, 5.74) is 1.42. The summed E-state index contributed by atoms with van der Waals surface area (Å²) in [6.07, 6.45) is 1.69. The lowest BCUT2D eigenvalue weighted by atomic mass is 10.1. The number of benzene rings is 3. The van der Waals surface area contributed by atoms with Crippen molar-refractivity contribution in [2.75, 3.05) is 13.2 Å². The number of nitrogens with one attached hydrogen (secondary N) is 1. The number of hydrogen-bond donors (Lipinski definition) is 1. The molecule has 0 spiro atoms. The van der Waals surface area contributed by atoms with Gasteiger partial charge >= 0.3 is 6.09 Å². The zero-order valence-corrected chi connectivity index (χ0v) is 23.5. The number of ether oxygens (including phenoxy) is 2. The maximum absolute atomic E-state index is 13.7. The van der Waals surface area contributed by atoms with Crippen molar-refractivity contribution in [1.29, 1.82) is 0 Å². The van der Waals surface area contributed by atoms with E-state index in [9.17, 15) is 13.2 Å². The summed E-state index contributed by atoms with van der Waals surface area (Å²) in [6, 6.07) is 20.1. The van der Waals surface area contributed by atoms with Crippen LogP contribution >= 0.6 is 0 Å². The molecule has 0 aromatic heterocycles. The second-order valence-corrected chi connectivity index (χ2v) is 12.6. The van der Waals surface area contributed by atoms with Crippen molar-refractivity contribution in [3.8, 4) is 0 Å². The van der Waals surface area contributed by atoms with Gasteiger partial charge in [0.25, 0.3) is 0 Å². The highest BCUT2D eigenvalue weighted by molar-refractivity contribution is 7.89. The topological polar surface area (TPSA) is 84.9 Å². The lowest BCUT2D eigenvalue weighted by Crippen LogP contribution is -2.45. The van der Waals surface area contributed by atoms with Crippen LogP contribution in [0, 0.1) is 6.92 Å². The second-order valence-electron chi connectivity index (χ2n) is 11.0. The van der Waals surface area contributed by atoms with Gasteiger partial charge in [-0.3, -0.25) is 0 Å². The van der Waals surface area contributed by atoms with Crippen molar-refractivity contribution in [1.82, 2.24) is 9.62 Å². The molecule has 3 aromatic rings. The molecule has 1 saturated heterocycles. The lowest BCUT2D eigenvalue weighted by Gasteiger charge is -2.31. The van der Waals surface area contributed by atoms with Crippen LogP contribution in [0.25, 0.3) is 10.8 Å². The summed E-state index contributed by atoms with van der Waals surface area (Å²) in [4.78, 5) is 14.8. The Kier molecular flexibility index (Phi) is 8.75. The van der Waals surface area contributed by atoms with E-state index in [0.717, 1.165) is 29.4 Å². The largest absolute Gasteiger partial charge is 0.444 e. The quantitative estimate of drug-likeness (QED) is 0.372. The van der Waals surface area contributed by atoms with Crippen molar-refractivity contribution in [3.63, 3.8) is 0 Å². The molecule has 0 saturated carbocycles. The molecule has 1 fully saturated rings. The fraction of sp³-hybridized carbons (Fsp3) is 0.433. The van der Waals surface area contributed by atoms with Crippen LogP contribution in [0.1, 0.15) is 51.2 Å². The molecule has 1 aliphatic heterocycles. The first-order chi connectivity index (χ1) is 18.0. The Morgan fingerprint density at radius 2 is 1.71 bits per heavy atom. The van der Waals surface area contributed by atoms with Gasteiger partial charge in [-0.1, -0.05) is 60.7 Å². The summed E-state index contributed by atoms with van der Waals surface area (Å²) in [6.45, 7) is 8.64. The second kappa shape index (κ2) is 11.8. The van der Waals surface area contributed by atoms with E-state index in [-0.39, 0.29) is 23.6 Å². The first kappa shape index (κ1) is 28.1. The van der Waals surface area contributed by atoms with Crippen LogP contribution in [0.4, 0.5) is 4.79 Å². The molecule has 0 aliphatic carbocycles. The minimum atomic E-state index is -3.87. The average Bonchev–Trinajstić information content (AvgIpc) is 3.32. The van der Waals surface area contributed by atoms with E-state index < -0.39 is 21.7 Å². The number of nitrogens with zero attached hydrogens (tertiary/aromatic N) is 1. The molecule has 1 amide bonds. The molecule has 8 heteroatoms. The number of hydrogen-bond acceptors (Lipinski definition) is 5. The first-order valence-electron chi connectivity index (χ1n) is 13.2. The highest BCUT2D eigenvalue weighted by atomic mass is 32.2. The van der Waals surface area contributed by atoms with Gasteiger partial charge in [0.05, 0.1) is 18.1 Å². The van der Waals surface area contributed by atoms with E-state index in [1.165, 1.54) is 0 Å². The van der Waals surface area contributed by atoms with Crippen molar-refractivity contribution in [2.24, 2.45) is 0 Å². The number of amides is 1. The zero-order chi connectivity index (χ0) is 27.3. The highest BCUT2D eigenvalue weighted by Crippen LogP contribution is 2.28. The fourth-order valence-electron chi connectivity index (χ4n) is 4.95. The molecule has 38 heavy (non-hydrogen) atoms. The molecule has 1 aliphatic rings. The number of aryl methyl sites for hydroxylation is 1. The molecule has 204 valence electrons. The van der Waals surface area contributed by atoms with Crippen LogP contribution in [0.2, 0.25) is 0 Å². The van der Waals surface area contributed by atoms with Gasteiger partial charge < -0.3 is 14.4 Å². The van der Waals surface area contributed by atoms with E-state index in [2.05, 4.69) is 4.72 Å². The smallest absolute Gasteiger partial charge is 0.410 e. The van der Waals surface area contributed by atoms with Gasteiger partial charge in [-0.2, -0.15) is 0 Å². The van der Waals surface area contributed by atoms with Crippen LogP contribution in [0.3, 0.4) is 0 Å². The van der Waals surface area contributed by atoms with Gasteiger partial charge in [0.2, 0.25) is 10.0 Å². The molecule has 4 rings (SSSR count). The zero-order valence-electron chi connectivity index (χ0n) is 22.6. The summed E-state index contributed by atoms with van der Waals surface area (Å²) in [7, 11) is -3.87. The van der Waals surface area contributed by atoms with Crippen molar-refractivity contribution in [2.45, 2.75) is 76.1 Å². The van der Waals surface area contributed by atoms with Crippen molar-refractivity contribution < 1.29 is 22.7 Å². The number of carbonyl (C=O) groups excluding carboxylic acids is 1. The predicted molar refractivity (Wildman–Crippen MR) is 149 cm³/mol. The minimum absolute atomic E-state index is 0.146. The first-order valence-corrected chi connectivity index (χ1v) is 14.6. The van der Waals surface area contributed by atoms with Gasteiger partial charge in [0, 0.05) is 24.0 Å². The Bertz CT molecular complexity index is 1350. The third kappa shape index (κ3) is 7.12. The minimum Gasteiger partial charge on any atom is -0.444 e. The van der Waals surface area contributed by atoms with Gasteiger partial charge in [0.15, 0.2) is 0 Å².